The molecule has 0 aliphatic carbocycles. The molecular weight excluding hydrogens is 390 g/mol. The van der Waals surface area contributed by atoms with Crippen LogP contribution >= 0.6 is 0 Å². The predicted octanol–water partition coefficient (Wildman–Crippen LogP) is 0.123. The number of aliphatic carboxylic acids is 1. The monoisotopic (exact) mass is 417 g/mol. The fraction of sp³-hybridized carbons (Fsp3) is 0.500. The summed E-state index contributed by atoms with van der Waals surface area (Å²) in [6.45, 7) is 2.15. The van der Waals surface area contributed by atoms with Crippen LogP contribution in [0.1, 0.15) is 25.3 Å². The quantitative estimate of drug-likeness (QED) is 0.423. The maximum Gasteiger partial charge on any atom is 0.326 e. The first-order chi connectivity index (χ1) is 14.3. The van der Waals surface area contributed by atoms with E-state index in [0.717, 1.165) is 5.56 Å². The Bertz CT molecular complexity index is 852. The molecule has 0 spiro atoms. The van der Waals surface area contributed by atoms with E-state index in [4.69, 9.17) is 5.73 Å². The smallest absolute Gasteiger partial charge is 0.326 e. The van der Waals surface area contributed by atoms with E-state index in [2.05, 4.69) is 15.3 Å². The number of aliphatic hydroxyl groups excluding tert-OH is 1. The van der Waals surface area contributed by atoms with Gasteiger partial charge < -0.3 is 31.3 Å². The van der Waals surface area contributed by atoms with Gasteiger partial charge in [0.05, 0.1) is 30.4 Å². The largest absolute Gasteiger partial charge is 0.508 e. The van der Waals surface area contributed by atoms with Gasteiger partial charge in [0.2, 0.25) is 0 Å². The van der Waals surface area contributed by atoms with Crippen LogP contribution < -0.4 is 11.1 Å². The highest BCUT2D eigenvalue weighted by atomic mass is 16.4. The van der Waals surface area contributed by atoms with E-state index in [-0.39, 0.29) is 12.3 Å². The number of amidine groups is 1. The summed E-state index contributed by atoms with van der Waals surface area (Å²) in [4.78, 5) is 34.3. The van der Waals surface area contributed by atoms with Crippen molar-refractivity contribution >= 4 is 23.5 Å². The molecule has 2 amide bonds. The predicted molar refractivity (Wildman–Crippen MR) is 111 cm³/mol. The van der Waals surface area contributed by atoms with Gasteiger partial charge in [0, 0.05) is 6.54 Å². The van der Waals surface area contributed by atoms with Crippen LogP contribution in [0, 0.1) is 0 Å². The molecule has 2 aliphatic heterocycles. The number of carboxylic acid groups (broad SMARTS) is 1. The molecule has 10 nitrogen and oxygen atoms in total. The van der Waals surface area contributed by atoms with E-state index in [1.54, 1.807) is 31.2 Å². The number of hydrogen-bond donors (Lipinski definition) is 5. The van der Waals surface area contributed by atoms with Crippen molar-refractivity contribution in [1.82, 2.24) is 10.2 Å². The lowest BCUT2D eigenvalue weighted by molar-refractivity contribution is -0.141. The van der Waals surface area contributed by atoms with Crippen molar-refractivity contribution in [2.75, 3.05) is 13.1 Å². The molecule has 4 atom stereocenters. The highest BCUT2D eigenvalue weighted by Crippen LogP contribution is 2.19. The second-order valence-electron chi connectivity index (χ2n) is 7.61. The first kappa shape index (κ1) is 21.7. The van der Waals surface area contributed by atoms with Gasteiger partial charge in [0.25, 0.3) is 0 Å². The number of carbonyl (C=O) groups is 2. The number of phenolic OH excluding ortho intramolecular Hbond substituents is 1. The zero-order valence-electron chi connectivity index (χ0n) is 16.7. The summed E-state index contributed by atoms with van der Waals surface area (Å²) in [5, 5.41) is 31.5. The van der Waals surface area contributed by atoms with Gasteiger partial charge >= 0.3 is 12.0 Å². The number of phenols is 1. The van der Waals surface area contributed by atoms with Gasteiger partial charge in [-0.2, -0.15) is 0 Å². The molecule has 1 aromatic carbocycles. The first-order valence-corrected chi connectivity index (χ1v) is 9.89. The Morgan fingerprint density at radius 2 is 2.03 bits per heavy atom. The Morgan fingerprint density at radius 1 is 1.33 bits per heavy atom. The topological polar surface area (TPSA) is 161 Å². The van der Waals surface area contributed by atoms with Crippen molar-refractivity contribution in [2.24, 2.45) is 15.7 Å². The van der Waals surface area contributed by atoms with Gasteiger partial charge in [-0.15, -0.1) is 0 Å². The molecule has 1 unspecified atom stereocenters. The third-order valence-electron chi connectivity index (χ3n) is 5.35. The average molecular weight is 417 g/mol. The summed E-state index contributed by atoms with van der Waals surface area (Å²) in [6, 6.07) is 3.99. The molecule has 1 saturated heterocycles. The molecule has 0 bridgehead atoms. The lowest BCUT2D eigenvalue weighted by Crippen LogP contribution is -2.52. The second kappa shape index (κ2) is 9.23. The number of benzene rings is 1. The van der Waals surface area contributed by atoms with Crippen LogP contribution in [0.4, 0.5) is 4.79 Å². The lowest BCUT2D eigenvalue weighted by atomic mass is 10.0. The van der Waals surface area contributed by atoms with Gasteiger partial charge in [-0.1, -0.05) is 12.1 Å². The fourth-order valence-corrected chi connectivity index (χ4v) is 3.58. The second-order valence-corrected chi connectivity index (χ2v) is 7.61. The molecule has 2 aliphatic rings. The van der Waals surface area contributed by atoms with Crippen LogP contribution in [0.15, 0.2) is 34.3 Å². The zero-order valence-corrected chi connectivity index (χ0v) is 16.7. The molecule has 162 valence electrons. The van der Waals surface area contributed by atoms with Crippen LogP contribution in [0.5, 0.6) is 5.75 Å². The normalized spacial score (nSPS) is 21.6. The molecule has 10 heteroatoms. The highest BCUT2D eigenvalue weighted by Gasteiger charge is 2.36. The van der Waals surface area contributed by atoms with Crippen molar-refractivity contribution in [3.63, 3.8) is 0 Å². The molecule has 0 radical (unpaired) electrons. The summed E-state index contributed by atoms with van der Waals surface area (Å²) < 4.78 is 0. The number of likely N-dealkylation sites (tertiary alicyclic amines) is 1. The van der Waals surface area contributed by atoms with Crippen molar-refractivity contribution in [3.05, 3.63) is 29.8 Å². The van der Waals surface area contributed by atoms with Crippen molar-refractivity contribution in [3.8, 4) is 5.75 Å². The van der Waals surface area contributed by atoms with Gasteiger partial charge in [0.1, 0.15) is 17.6 Å². The Kier molecular flexibility index (Phi) is 6.68. The number of carbonyl (C=O) groups excluding carboxylic acids is 1. The molecule has 30 heavy (non-hydrogen) atoms. The van der Waals surface area contributed by atoms with E-state index in [0.29, 0.717) is 37.4 Å². The minimum atomic E-state index is -1.02. The van der Waals surface area contributed by atoms with Crippen molar-refractivity contribution in [2.45, 2.75) is 50.4 Å². The van der Waals surface area contributed by atoms with E-state index >= 15 is 0 Å². The van der Waals surface area contributed by atoms with Crippen LogP contribution in [0.2, 0.25) is 0 Å². The number of aliphatic hydroxyl groups is 1. The molecule has 6 N–H and O–H groups in total. The van der Waals surface area contributed by atoms with E-state index in [1.807, 2.05) is 0 Å². The Labute approximate surface area is 174 Å². The number of carboxylic acids is 1. The van der Waals surface area contributed by atoms with Crippen molar-refractivity contribution in [1.29, 1.82) is 0 Å². The maximum atomic E-state index is 12.8. The summed E-state index contributed by atoms with van der Waals surface area (Å²) in [5.74, 6) is -0.577. The number of nitrogens with one attached hydrogen (secondary N) is 1. The lowest BCUT2D eigenvalue weighted by Gasteiger charge is -2.26. The summed E-state index contributed by atoms with van der Waals surface area (Å²) in [5.41, 5.74) is 7.36. The third-order valence-corrected chi connectivity index (χ3v) is 5.35. The van der Waals surface area contributed by atoms with Crippen LogP contribution in [-0.2, 0) is 11.2 Å². The molecule has 1 aromatic rings. The van der Waals surface area contributed by atoms with Crippen LogP contribution in [0.3, 0.4) is 0 Å². The molecular formula is C20H27N5O5. The molecule has 1 fully saturated rings. The SMILES string of the molecule is CC(O)[C@H](N)C1=NCC([C@H](Cc2ccc(O)cc2)NC(=O)N2CCC[C@H]2C(=O)O)=N1. The average Bonchev–Trinajstić information content (AvgIpc) is 3.38. The molecule has 3 rings (SSSR count). The standard InChI is InChI=1S/C20H27N5O5/c1-11(26)17(21)18-22-10-15(23-18)14(9-12-4-6-13(27)7-5-12)24-20(30)25-8-2-3-16(25)19(28)29/h4-7,11,14,16-17,26-27H,2-3,8-10,21H2,1H3,(H,24,30)(H,28,29)/t11?,14-,16-,17-/m0/s1. The van der Waals surface area contributed by atoms with E-state index < -0.39 is 36.2 Å². The van der Waals surface area contributed by atoms with Gasteiger partial charge in [0.15, 0.2) is 0 Å². The number of amides is 2. The minimum Gasteiger partial charge on any atom is -0.508 e. The third kappa shape index (κ3) is 4.95. The van der Waals surface area contributed by atoms with Crippen molar-refractivity contribution < 1.29 is 24.9 Å². The van der Waals surface area contributed by atoms with E-state index in [1.165, 1.54) is 4.90 Å². The summed E-state index contributed by atoms with van der Waals surface area (Å²) >= 11 is 0. The summed E-state index contributed by atoms with van der Waals surface area (Å²) in [6.07, 6.45) is 0.606. The minimum absolute atomic E-state index is 0.132. The fourth-order valence-electron chi connectivity index (χ4n) is 3.58. The molecule has 0 saturated carbocycles. The van der Waals surface area contributed by atoms with Crippen LogP contribution in [-0.4, -0.2) is 81.1 Å². The number of urea groups is 1. The number of hydrogen-bond acceptors (Lipinski definition) is 7. The van der Waals surface area contributed by atoms with Crippen LogP contribution in [0.25, 0.3) is 0 Å². The van der Waals surface area contributed by atoms with Gasteiger partial charge in [-0.3, -0.25) is 4.99 Å². The Hall–Kier alpha value is -2.98. The number of aliphatic imine (C=N–C) groups is 2. The zero-order chi connectivity index (χ0) is 21.8. The molecule has 0 aromatic heterocycles. The number of nitrogens with two attached hydrogens (primary N) is 1. The Balaban J connectivity index is 1.79. The van der Waals surface area contributed by atoms with Gasteiger partial charge in [-0.05, 0) is 43.9 Å². The summed E-state index contributed by atoms with van der Waals surface area (Å²) in [7, 11) is 0. The maximum absolute atomic E-state index is 12.8. The molecule has 2 heterocycles. The number of nitrogens with zero attached hydrogens (tertiary/aromatic N) is 3. The number of aromatic hydroxyl groups is 1. The first-order valence-electron chi connectivity index (χ1n) is 9.89. The Morgan fingerprint density at radius 3 is 2.67 bits per heavy atom. The van der Waals surface area contributed by atoms with Gasteiger partial charge in [-0.25, -0.2) is 14.6 Å². The number of rotatable bonds is 7. The highest BCUT2D eigenvalue weighted by molar-refractivity contribution is 6.09. The van der Waals surface area contributed by atoms with E-state index in [9.17, 15) is 24.9 Å².